The van der Waals surface area contributed by atoms with Crippen LogP contribution in [-0.4, -0.2) is 35.1 Å². The van der Waals surface area contributed by atoms with Crippen LogP contribution in [0.4, 0.5) is 4.79 Å². The lowest BCUT2D eigenvalue weighted by atomic mass is 10.4. The summed E-state index contributed by atoms with van der Waals surface area (Å²) < 4.78 is 5.07. The highest BCUT2D eigenvalue weighted by Gasteiger charge is 2.25. The Morgan fingerprint density at radius 2 is 2.21 bits per heavy atom. The maximum absolute atomic E-state index is 11.9. The van der Waals surface area contributed by atoms with E-state index in [0.29, 0.717) is 18.2 Å². The standard InChI is InChI=1S/C13H18N2O4/c1-2-15(8-9-3-4-9)13(18)14-7-10-5-6-11(19-10)12(16)17/h5-6,9H,2-4,7-8H2,1H3,(H,14,18)(H,16,17). The predicted octanol–water partition coefficient (Wildman–Crippen LogP) is 1.92. The highest BCUT2D eigenvalue weighted by molar-refractivity contribution is 5.84. The molecule has 104 valence electrons. The number of nitrogens with one attached hydrogen (secondary N) is 1. The van der Waals surface area contributed by atoms with Crippen LogP contribution in [0, 0.1) is 5.92 Å². The molecule has 0 spiro atoms. The van der Waals surface area contributed by atoms with Gasteiger partial charge in [0.2, 0.25) is 5.76 Å². The number of carbonyl (C=O) groups excluding carboxylic acids is 1. The third kappa shape index (κ3) is 3.74. The van der Waals surface area contributed by atoms with E-state index < -0.39 is 5.97 Å². The maximum Gasteiger partial charge on any atom is 0.371 e. The summed E-state index contributed by atoms with van der Waals surface area (Å²) in [6.07, 6.45) is 2.40. The van der Waals surface area contributed by atoms with Crippen molar-refractivity contribution in [2.75, 3.05) is 13.1 Å². The molecule has 2 rings (SSSR count). The summed E-state index contributed by atoms with van der Waals surface area (Å²) in [5.41, 5.74) is 0. The highest BCUT2D eigenvalue weighted by Crippen LogP contribution is 2.29. The molecule has 6 heteroatoms. The van der Waals surface area contributed by atoms with Gasteiger partial charge in [-0.05, 0) is 37.8 Å². The number of hydrogen-bond acceptors (Lipinski definition) is 3. The van der Waals surface area contributed by atoms with Crippen LogP contribution in [0.15, 0.2) is 16.5 Å². The van der Waals surface area contributed by atoms with Gasteiger partial charge < -0.3 is 19.7 Å². The molecule has 1 saturated carbocycles. The largest absolute Gasteiger partial charge is 0.475 e. The van der Waals surface area contributed by atoms with Crippen LogP contribution >= 0.6 is 0 Å². The van der Waals surface area contributed by atoms with Gasteiger partial charge in [0.05, 0.1) is 6.54 Å². The van der Waals surface area contributed by atoms with Crippen molar-refractivity contribution in [3.63, 3.8) is 0 Å². The minimum absolute atomic E-state index is 0.116. The minimum atomic E-state index is -1.11. The molecule has 1 aliphatic rings. The van der Waals surface area contributed by atoms with E-state index >= 15 is 0 Å². The number of hydrogen-bond donors (Lipinski definition) is 2. The van der Waals surface area contributed by atoms with Gasteiger partial charge in [0.25, 0.3) is 0 Å². The van der Waals surface area contributed by atoms with Gasteiger partial charge >= 0.3 is 12.0 Å². The Hall–Kier alpha value is -1.98. The van der Waals surface area contributed by atoms with Gasteiger partial charge in [0.1, 0.15) is 5.76 Å². The van der Waals surface area contributed by atoms with Gasteiger partial charge in [-0.3, -0.25) is 0 Å². The molecule has 0 saturated heterocycles. The number of rotatable bonds is 6. The molecule has 6 nitrogen and oxygen atoms in total. The molecule has 2 N–H and O–H groups in total. The zero-order valence-corrected chi connectivity index (χ0v) is 10.9. The third-order valence-corrected chi connectivity index (χ3v) is 3.13. The molecule has 0 aromatic carbocycles. The Bertz CT molecular complexity index is 465. The van der Waals surface area contributed by atoms with Crippen molar-refractivity contribution in [1.82, 2.24) is 10.2 Å². The molecule has 1 fully saturated rings. The van der Waals surface area contributed by atoms with Crippen molar-refractivity contribution in [3.05, 3.63) is 23.7 Å². The second-order valence-electron chi connectivity index (χ2n) is 4.71. The average molecular weight is 266 g/mol. The summed E-state index contributed by atoms with van der Waals surface area (Å²) >= 11 is 0. The fourth-order valence-electron chi connectivity index (χ4n) is 1.83. The zero-order valence-electron chi connectivity index (χ0n) is 10.9. The number of furan rings is 1. The second-order valence-corrected chi connectivity index (χ2v) is 4.71. The van der Waals surface area contributed by atoms with Gasteiger partial charge in [-0.1, -0.05) is 0 Å². The molecule has 19 heavy (non-hydrogen) atoms. The summed E-state index contributed by atoms with van der Waals surface area (Å²) in [5, 5.41) is 11.5. The van der Waals surface area contributed by atoms with E-state index in [4.69, 9.17) is 9.52 Å². The number of carboxylic acids is 1. The average Bonchev–Trinajstić information content (AvgIpc) is 3.07. The number of carboxylic acid groups (broad SMARTS) is 1. The van der Waals surface area contributed by atoms with Crippen molar-refractivity contribution < 1.29 is 19.1 Å². The first-order valence-electron chi connectivity index (χ1n) is 6.45. The summed E-state index contributed by atoms with van der Waals surface area (Å²) in [6.45, 7) is 3.60. The van der Waals surface area contributed by atoms with Crippen molar-refractivity contribution in [2.24, 2.45) is 5.92 Å². The van der Waals surface area contributed by atoms with Crippen molar-refractivity contribution >= 4 is 12.0 Å². The van der Waals surface area contributed by atoms with Crippen LogP contribution in [0.5, 0.6) is 0 Å². The van der Waals surface area contributed by atoms with Crippen LogP contribution in [0.25, 0.3) is 0 Å². The van der Waals surface area contributed by atoms with Gasteiger partial charge in [0, 0.05) is 13.1 Å². The van der Waals surface area contributed by atoms with Crippen molar-refractivity contribution in [1.29, 1.82) is 0 Å². The molecule has 0 unspecified atom stereocenters. The normalized spacial score (nSPS) is 14.2. The summed E-state index contributed by atoms with van der Waals surface area (Å²) in [4.78, 5) is 24.3. The van der Waals surface area contributed by atoms with Crippen LogP contribution in [0.2, 0.25) is 0 Å². The Morgan fingerprint density at radius 1 is 1.47 bits per heavy atom. The Balaban J connectivity index is 1.82. The first-order valence-corrected chi connectivity index (χ1v) is 6.45. The molecular weight excluding hydrogens is 248 g/mol. The summed E-state index contributed by atoms with van der Waals surface area (Å²) in [5.74, 6) is -0.141. The number of urea groups is 1. The van der Waals surface area contributed by atoms with Crippen LogP contribution < -0.4 is 5.32 Å². The monoisotopic (exact) mass is 266 g/mol. The smallest absolute Gasteiger partial charge is 0.371 e. The number of amides is 2. The SMILES string of the molecule is CCN(CC1CC1)C(=O)NCc1ccc(C(=O)O)o1. The lowest BCUT2D eigenvalue weighted by molar-refractivity contribution is 0.0660. The Labute approximate surface area is 111 Å². The lowest BCUT2D eigenvalue weighted by Crippen LogP contribution is -2.40. The zero-order chi connectivity index (χ0) is 13.8. The van der Waals surface area contributed by atoms with Crippen LogP contribution in [-0.2, 0) is 6.54 Å². The molecule has 0 bridgehead atoms. The van der Waals surface area contributed by atoms with E-state index in [9.17, 15) is 9.59 Å². The quantitative estimate of drug-likeness (QED) is 0.824. The van der Waals surface area contributed by atoms with Gasteiger partial charge in [0.15, 0.2) is 0 Å². The fraction of sp³-hybridized carbons (Fsp3) is 0.538. The number of nitrogens with zero attached hydrogens (tertiary/aromatic N) is 1. The maximum atomic E-state index is 11.9. The molecule has 1 aromatic heterocycles. The van der Waals surface area contributed by atoms with E-state index in [2.05, 4.69) is 5.32 Å². The molecule has 0 aliphatic heterocycles. The van der Waals surface area contributed by atoms with Crippen LogP contribution in [0.3, 0.4) is 0 Å². The number of aromatic carboxylic acids is 1. The second kappa shape index (κ2) is 5.77. The van der Waals surface area contributed by atoms with E-state index in [1.54, 1.807) is 11.0 Å². The van der Waals surface area contributed by atoms with E-state index in [0.717, 1.165) is 6.54 Å². The summed E-state index contributed by atoms with van der Waals surface area (Å²) in [7, 11) is 0. The molecule has 1 heterocycles. The minimum Gasteiger partial charge on any atom is -0.475 e. The molecule has 1 aromatic rings. The molecule has 0 radical (unpaired) electrons. The van der Waals surface area contributed by atoms with Gasteiger partial charge in [-0.15, -0.1) is 0 Å². The first-order chi connectivity index (χ1) is 9.10. The Morgan fingerprint density at radius 3 is 2.74 bits per heavy atom. The van der Waals surface area contributed by atoms with Crippen molar-refractivity contribution in [3.8, 4) is 0 Å². The van der Waals surface area contributed by atoms with Gasteiger partial charge in [-0.25, -0.2) is 9.59 Å². The molecule has 0 atom stereocenters. The fourth-order valence-corrected chi connectivity index (χ4v) is 1.83. The lowest BCUT2D eigenvalue weighted by Gasteiger charge is -2.20. The summed E-state index contributed by atoms with van der Waals surface area (Å²) in [6, 6.07) is 2.80. The predicted molar refractivity (Wildman–Crippen MR) is 67.9 cm³/mol. The van der Waals surface area contributed by atoms with E-state index in [1.807, 2.05) is 6.92 Å². The molecule has 1 aliphatic carbocycles. The van der Waals surface area contributed by atoms with Gasteiger partial charge in [-0.2, -0.15) is 0 Å². The van der Waals surface area contributed by atoms with Crippen LogP contribution in [0.1, 0.15) is 36.1 Å². The molecular formula is C13H18N2O4. The van der Waals surface area contributed by atoms with E-state index in [1.165, 1.54) is 18.9 Å². The number of carbonyl (C=O) groups is 2. The molecule has 2 amide bonds. The van der Waals surface area contributed by atoms with Crippen molar-refractivity contribution in [2.45, 2.75) is 26.3 Å². The van der Waals surface area contributed by atoms with E-state index in [-0.39, 0.29) is 18.3 Å². The Kier molecular flexibility index (Phi) is 4.09. The topological polar surface area (TPSA) is 82.8 Å². The third-order valence-electron chi connectivity index (χ3n) is 3.13. The highest BCUT2D eigenvalue weighted by atomic mass is 16.4. The first kappa shape index (κ1) is 13.5.